The quantitative estimate of drug-likeness (QED) is 0.362. The molecular formula is C26H29N9O2S. The Labute approximate surface area is 223 Å². The maximum absolute atomic E-state index is 13.3. The van der Waals surface area contributed by atoms with Gasteiger partial charge in [-0.3, -0.25) is 4.79 Å². The van der Waals surface area contributed by atoms with E-state index in [1.807, 2.05) is 22.3 Å². The molecule has 2 aliphatic carbocycles. The molecule has 3 aliphatic rings. The van der Waals surface area contributed by atoms with Crippen molar-refractivity contribution in [2.75, 3.05) is 30.4 Å². The number of hydrogen-bond acceptors (Lipinski definition) is 9. The Hall–Kier alpha value is -3.64. The van der Waals surface area contributed by atoms with Crippen LogP contribution >= 0.6 is 11.3 Å². The highest BCUT2D eigenvalue weighted by molar-refractivity contribution is 7.13. The lowest BCUT2D eigenvalue weighted by Crippen LogP contribution is -2.37. The van der Waals surface area contributed by atoms with Crippen molar-refractivity contribution in [2.24, 2.45) is 0 Å². The fraction of sp³-hybridized carbons (Fsp3) is 0.462. The molecular weight excluding hydrogens is 502 g/mol. The summed E-state index contributed by atoms with van der Waals surface area (Å²) in [4.78, 5) is 29.4. The molecule has 0 aromatic carbocycles. The van der Waals surface area contributed by atoms with E-state index in [-0.39, 0.29) is 12.0 Å². The van der Waals surface area contributed by atoms with Gasteiger partial charge >= 0.3 is 0 Å². The van der Waals surface area contributed by atoms with Crippen molar-refractivity contribution in [1.29, 1.82) is 0 Å². The van der Waals surface area contributed by atoms with Gasteiger partial charge in [-0.25, -0.2) is 15.0 Å². The number of pyridine rings is 1. The molecule has 0 spiro atoms. The SMILES string of the molecule is COC1CCN(c2cnc(C(=O)Nc3csc(-c4nncn4C4CC4)n3)cc2-n2cnc(C3CC3)c2)CC1. The zero-order valence-corrected chi connectivity index (χ0v) is 22.0. The summed E-state index contributed by atoms with van der Waals surface area (Å²) in [5.41, 5.74) is 3.32. The Kier molecular flexibility index (Phi) is 5.92. The van der Waals surface area contributed by atoms with Crippen molar-refractivity contribution in [3.8, 4) is 16.5 Å². The van der Waals surface area contributed by atoms with Gasteiger partial charge in [0.15, 0.2) is 10.8 Å². The van der Waals surface area contributed by atoms with Crippen LogP contribution in [0.2, 0.25) is 0 Å². The topological polar surface area (TPSA) is 116 Å². The largest absolute Gasteiger partial charge is 0.381 e. The van der Waals surface area contributed by atoms with E-state index in [1.165, 1.54) is 24.2 Å². The van der Waals surface area contributed by atoms with Crippen LogP contribution in [-0.4, -0.2) is 66.5 Å². The minimum Gasteiger partial charge on any atom is -0.381 e. The Morgan fingerprint density at radius 1 is 1.08 bits per heavy atom. The maximum Gasteiger partial charge on any atom is 0.275 e. The average Bonchev–Trinajstić information content (AvgIpc) is 3.83. The van der Waals surface area contributed by atoms with Gasteiger partial charge in [0.05, 0.1) is 35.7 Å². The number of imidazole rings is 1. The van der Waals surface area contributed by atoms with Crippen LogP contribution in [-0.2, 0) is 4.74 Å². The summed E-state index contributed by atoms with van der Waals surface area (Å²) in [7, 11) is 1.77. The smallest absolute Gasteiger partial charge is 0.275 e. The number of nitrogens with zero attached hydrogens (tertiary/aromatic N) is 8. The fourth-order valence-corrected chi connectivity index (χ4v) is 5.77. The Morgan fingerprint density at radius 2 is 1.92 bits per heavy atom. The number of thiazole rings is 1. The van der Waals surface area contributed by atoms with E-state index in [9.17, 15) is 4.79 Å². The van der Waals surface area contributed by atoms with Crippen molar-refractivity contribution in [2.45, 2.75) is 56.6 Å². The Morgan fingerprint density at radius 3 is 2.68 bits per heavy atom. The number of methoxy groups -OCH3 is 1. The first kappa shape index (κ1) is 23.5. The second-order valence-corrected chi connectivity index (χ2v) is 11.1. The first-order valence-electron chi connectivity index (χ1n) is 13.1. The zero-order chi connectivity index (χ0) is 25.6. The van der Waals surface area contributed by atoms with Crippen molar-refractivity contribution >= 4 is 28.7 Å². The number of aromatic nitrogens is 7. The van der Waals surface area contributed by atoms with Crippen LogP contribution in [0.3, 0.4) is 0 Å². The number of carbonyl (C=O) groups is 1. The number of anilines is 2. The molecule has 4 aromatic rings. The zero-order valence-electron chi connectivity index (χ0n) is 21.2. The fourth-order valence-electron chi connectivity index (χ4n) is 5.03. The minimum atomic E-state index is -0.307. The molecule has 38 heavy (non-hydrogen) atoms. The predicted octanol–water partition coefficient (Wildman–Crippen LogP) is 4.06. The van der Waals surface area contributed by atoms with Crippen LogP contribution < -0.4 is 10.2 Å². The maximum atomic E-state index is 13.3. The molecule has 7 rings (SSSR count). The van der Waals surface area contributed by atoms with Crippen LogP contribution in [0.25, 0.3) is 16.5 Å². The third kappa shape index (κ3) is 4.58. The number of rotatable bonds is 8. The number of carbonyl (C=O) groups excluding carboxylic acids is 1. The van der Waals surface area contributed by atoms with Crippen LogP contribution in [0, 0.1) is 0 Å². The molecule has 0 bridgehead atoms. The van der Waals surface area contributed by atoms with Crippen molar-refractivity contribution in [3.05, 3.63) is 47.9 Å². The molecule has 1 N–H and O–H groups in total. The van der Waals surface area contributed by atoms with Gasteiger partial charge in [0.25, 0.3) is 5.91 Å². The molecule has 12 heteroatoms. The lowest BCUT2D eigenvalue weighted by Gasteiger charge is -2.34. The van der Waals surface area contributed by atoms with E-state index in [1.54, 1.807) is 19.6 Å². The van der Waals surface area contributed by atoms with E-state index in [0.717, 1.165) is 66.7 Å². The molecule has 1 aliphatic heterocycles. The monoisotopic (exact) mass is 531 g/mol. The van der Waals surface area contributed by atoms with E-state index in [4.69, 9.17) is 4.74 Å². The van der Waals surface area contributed by atoms with Gasteiger partial charge < -0.3 is 24.1 Å². The van der Waals surface area contributed by atoms with Gasteiger partial charge in [-0.1, -0.05) is 0 Å². The molecule has 11 nitrogen and oxygen atoms in total. The highest BCUT2D eigenvalue weighted by atomic mass is 32.1. The molecule has 3 fully saturated rings. The Balaban J connectivity index is 1.15. The van der Waals surface area contributed by atoms with E-state index in [2.05, 4.69) is 46.1 Å². The van der Waals surface area contributed by atoms with E-state index >= 15 is 0 Å². The number of nitrogens with one attached hydrogen (secondary N) is 1. The first-order chi connectivity index (χ1) is 18.7. The van der Waals surface area contributed by atoms with Gasteiger partial charge in [0.2, 0.25) is 0 Å². The van der Waals surface area contributed by atoms with Gasteiger partial charge in [-0.05, 0) is 44.6 Å². The second-order valence-electron chi connectivity index (χ2n) is 10.2. The number of ether oxygens (including phenoxy) is 1. The summed E-state index contributed by atoms with van der Waals surface area (Å²) in [6.45, 7) is 1.74. The summed E-state index contributed by atoms with van der Waals surface area (Å²) in [6, 6.07) is 2.30. The summed E-state index contributed by atoms with van der Waals surface area (Å²) in [6.07, 6.45) is 14.3. The third-order valence-electron chi connectivity index (χ3n) is 7.54. The molecule has 0 radical (unpaired) electrons. The van der Waals surface area contributed by atoms with Crippen LogP contribution in [0.5, 0.6) is 0 Å². The standard InChI is InChI=1S/C26H29N9O2S/c1-37-18-6-8-33(9-7-18)22-11-27-19(10-21(22)34-12-20(28-14-34)16-2-3-16)25(36)30-23-13-38-26(31-23)24-32-29-15-35(24)17-4-5-17/h10-18H,2-9H2,1H3,(H,30,36). The number of hydrogen-bond donors (Lipinski definition) is 1. The van der Waals surface area contributed by atoms with Gasteiger partial charge in [0, 0.05) is 43.7 Å². The number of piperidine rings is 1. The lowest BCUT2D eigenvalue weighted by molar-refractivity contribution is 0.0819. The lowest BCUT2D eigenvalue weighted by atomic mass is 10.1. The van der Waals surface area contributed by atoms with E-state index < -0.39 is 0 Å². The Bertz CT molecular complexity index is 1460. The van der Waals surface area contributed by atoms with Crippen LogP contribution in [0.15, 0.2) is 36.5 Å². The molecule has 1 amide bonds. The predicted molar refractivity (Wildman–Crippen MR) is 143 cm³/mol. The molecule has 196 valence electrons. The highest BCUT2D eigenvalue weighted by Crippen LogP contribution is 2.40. The first-order valence-corrected chi connectivity index (χ1v) is 14.0. The second kappa shape index (κ2) is 9.59. The van der Waals surface area contributed by atoms with E-state index in [0.29, 0.717) is 23.5 Å². The molecule has 4 aromatic heterocycles. The normalized spacial score (nSPS) is 18.2. The van der Waals surface area contributed by atoms with Crippen molar-refractivity contribution in [3.63, 3.8) is 0 Å². The van der Waals surface area contributed by atoms with Crippen LogP contribution in [0.4, 0.5) is 11.5 Å². The van der Waals surface area contributed by atoms with Gasteiger partial charge in [-0.2, -0.15) is 0 Å². The highest BCUT2D eigenvalue weighted by Gasteiger charge is 2.29. The number of amides is 1. The summed E-state index contributed by atoms with van der Waals surface area (Å²) in [5, 5.41) is 13.8. The van der Waals surface area contributed by atoms with Crippen LogP contribution in [0.1, 0.15) is 66.7 Å². The third-order valence-corrected chi connectivity index (χ3v) is 8.38. The average molecular weight is 532 g/mol. The summed E-state index contributed by atoms with van der Waals surface area (Å²) in [5.74, 6) is 1.46. The minimum absolute atomic E-state index is 0.281. The van der Waals surface area contributed by atoms with Crippen molar-refractivity contribution in [1.82, 2.24) is 34.3 Å². The van der Waals surface area contributed by atoms with Crippen molar-refractivity contribution < 1.29 is 9.53 Å². The van der Waals surface area contributed by atoms with Gasteiger partial charge in [-0.15, -0.1) is 21.5 Å². The molecule has 5 heterocycles. The molecule has 0 unspecified atom stereocenters. The van der Waals surface area contributed by atoms with Gasteiger partial charge in [0.1, 0.15) is 17.8 Å². The molecule has 1 saturated heterocycles. The molecule has 0 atom stereocenters. The molecule has 2 saturated carbocycles. The summed E-state index contributed by atoms with van der Waals surface area (Å²) >= 11 is 1.44. The summed E-state index contributed by atoms with van der Waals surface area (Å²) < 4.78 is 9.64.